The van der Waals surface area contributed by atoms with Gasteiger partial charge in [-0.3, -0.25) is 0 Å². The fourth-order valence-corrected chi connectivity index (χ4v) is 1.89. The summed E-state index contributed by atoms with van der Waals surface area (Å²) in [6.45, 7) is 5.05. The van der Waals surface area contributed by atoms with Crippen LogP contribution < -0.4 is 4.74 Å². The second kappa shape index (κ2) is 7.86. The van der Waals surface area contributed by atoms with E-state index in [2.05, 4.69) is 19.9 Å². The van der Waals surface area contributed by atoms with E-state index in [0.717, 1.165) is 11.5 Å². The van der Waals surface area contributed by atoms with E-state index in [1.807, 2.05) is 24.3 Å². The van der Waals surface area contributed by atoms with Gasteiger partial charge in [0.1, 0.15) is 30.8 Å². The smallest absolute Gasteiger partial charge is 0.129 e. The number of benzene rings is 1. The third-order valence-corrected chi connectivity index (χ3v) is 3.10. The highest BCUT2D eigenvalue weighted by atomic mass is 16.5. The Hall–Kier alpha value is -1.78. The number of aliphatic hydroxyl groups excluding tert-OH is 1. The summed E-state index contributed by atoms with van der Waals surface area (Å²) in [7, 11) is 0. The van der Waals surface area contributed by atoms with Gasteiger partial charge in [-0.05, 0) is 35.7 Å². The van der Waals surface area contributed by atoms with Gasteiger partial charge in [0, 0.05) is 0 Å². The van der Waals surface area contributed by atoms with Gasteiger partial charge in [-0.1, -0.05) is 26.0 Å². The molecule has 0 aliphatic heterocycles. The molecule has 0 bridgehead atoms. The average molecular weight is 290 g/mol. The highest BCUT2D eigenvalue weighted by Gasteiger charge is 2.07. The Balaban J connectivity index is 1.70. The lowest BCUT2D eigenvalue weighted by molar-refractivity contribution is 0.000866. The molecular formula is C17H22O4. The van der Waals surface area contributed by atoms with Crippen molar-refractivity contribution in [1.29, 1.82) is 0 Å². The molecule has 2 rings (SSSR count). The van der Waals surface area contributed by atoms with E-state index in [4.69, 9.17) is 13.9 Å². The molecule has 1 atom stereocenters. The first-order chi connectivity index (χ1) is 10.1. The molecule has 1 unspecified atom stereocenters. The zero-order valence-corrected chi connectivity index (χ0v) is 12.5. The average Bonchev–Trinajstić information content (AvgIpc) is 2.99. The summed E-state index contributed by atoms with van der Waals surface area (Å²) in [5.74, 6) is 1.97. The number of rotatable bonds is 8. The van der Waals surface area contributed by atoms with Gasteiger partial charge in [0.05, 0.1) is 12.9 Å². The van der Waals surface area contributed by atoms with Crippen LogP contribution in [0.25, 0.3) is 0 Å². The summed E-state index contributed by atoms with van der Waals surface area (Å²) in [6, 6.07) is 11.6. The molecule has 0 aliphatic rings. The van der Waals surface area contributed by atoms with Crippen molar-refractivity contribution in [2.75, 3.05) is 13.2 Å². The van der Waals surface area contributed by atoms with E-state index in [0.29, 0.717) is 12.5 Å². The van der Waals surface area contributed by atoms with E-state index in [-0.39, 0.29) is 13.2 Å². The molecule has 0 saturated carbocycles. The molecule has 1 heterocycles. The first kappa shape index (κ1) is 15.6. The van der Waals surface area contributed by atoms with Gasteiger partial charge in [0.2, 0.25) is 0 Å². The van der Waals surface area contributed by atoms with Gasteiger partial charge in [-0.2, -0.15) is 0 Å². The largest absolute Gasteiger partial charge is 0.491 e. The number of ether oxygens (including phenoxy) is 2. The molecule has 1 aromatic heterocycles. The summed E-state index contributed by atoms with van der Waals surface area (Å²) < 4.78 is 16.1. The normalized spacial score (nSPS) is 12.6. The van der Waals surface area contributed by atoms with E-state index >= 15 is 0 Å². The minimum absolute atomic E-state index is 0.208. The molecule has 0 saturated heterocycles. The lowest BCUT2D eigenvalue weighted by Crippen LogP contribution is -2.23. The van der Waals surface area contributed by atoms with Crippen LogP contribution in [0.3, 0.4) is 0 Å². The fourth-order valence-electron chi connectivity index (χ4n) is 1.89. The van der Waals surface area contributed by atoms with Gasteiger partial charge >= 0.3 is 0 Å². The molecule has 4 heteroatoms. The molecule has 0 spiro atoms. The van der Waals surface area contributed by atoms with Crippen molar-refractivity contribution >= 4 is 0 Å². The lowest BCUT2D eigenvalue weighted by atomic mass is 10.0. The Morgan fingerprint density at radius 3 is 2.71 bits per heavy atom. The van der Waals surface area contributed by atoms with Crippen LogP contribution in [0.5, 0.6) is 5.75 Å². The molecular weight excluding hydrogens is 268 g/mol. The van der Waals surface area contributed by atoms with E-state index in [1.165, 1.54) is 5.56 Å². The van der Waals surface area contributed by atoms with Crippen molar-refractivity contribution in [3.8, 4) is 5.75 Å². The second-order valence-corrected chi connectivity index (χ2v) is 5.29. The Labute approximate surface area is 125 Å². The molecule has 4 nitrogen and oxygen atoms in total. The van der Waals surface area contributed by atoms with Crippen LogP contribution in [-0.2, 0) is 11.3 Å². The van der Waals surface area contributed by atoms with E-state index in [1.54, 1.807) is 12.3 Å². The van der Waals surface area contributed by atoms with Crippen molar-refractivity contribution in [2.45, 2.75) is 32.5 Å². The molecule has 2 aromatic rings. The molecule has 1 N–H and O–H groups in total. The molecule has 0 aliphatic carbocycles. The number of hydrogen-bond acceptors (Lipinski definition) is 4. The number of aliphatic hydroxyl groups is 1. The summed E-state index contributed by atoms with van der Waals surface area (Å²) in [6.07, 6.45) is 0.933. The minimum atomic E-state index is -0.664. The molecule has 21 heavy (non-hydrogen) atoms. The Bertz CT molecular complexity index is 519. The molecule has 0 radical (unpaired) electrons. The monoisotopic (exact) mass is 290 g/mol. The Morgan fingerprint density at radius 2 is 2.00 bits per heavy atom. The van der Waals surface area contributed by atoms with Crippen LogP contribution in [0.2, 0.25) is 0 Å². The van der Waals surface area contributed by atoms with Gasteiger partial charge < -0.3 is 19.0 Å². The Morgan fingerprint density at radius 1 is 1.14 bits per heavy atom. The highest BCUT2D eigenvalue weighted by molar-refractivity contribution is 5.30. The molecule has 114 valence electrons. The minimum Gasteiger partial charge on any atom is -0.491 e. The predicted molar refractivity (Wildman–Crippen MR) is 80.4 cm³/mol. The first-order valence-corrected chi connectivity index (χ1v) is 7.16. The van der Waals surface area contributed by atoms with Crippen LogP contribution in [0, 0.1) is 0 Å². The van der Waals surface area contributed by atoms with Gasteiger partial charge in [0.15, 0.2) is 0 Å². The first-order valence-electron chi connectivity index (χ1n) is 7.16. The zero-order valence-electron chi connectivity index (χ0n) is 12.5. The third-order valence-electron chi connectivity index (χ3n) is 3.10. The summed E-state index contributed by atoms with van der Waals surface area (Å²) in [5, 5.41) is 9.84. The summed E-state index contributed by atoms with van der Waals surface area (Å²) in [4.78, 5) is 0. The molecule has 0 fully saturated rings. The summed E-state index contributed by atoms with van der Waals surface area (Å²) >= 11 is 0. The van der Waals surface area contributed by atoms with Crippen molar-refractivity contribution in [3.63, 3.8) is 0 Å². The number of hydrogen-bond donors (Lipinski definition) is 1. The maximum atomic E-state index is 9.84. The Kier molecular flexibility index (Phi) is 5.84. The van der Waals surface area contributed by atoms with Crippen molar-refractivity contribution in [1.82, 2.24) is 0 Å². The maximum Gasteiger partial charge on any atom is 0.129 e. The lowest BCUT2D eigenvalue weighted by Gasteiger charge is -2.14. The van der Waals surface area contributed by atoms with Gasteiger partial charge in [-0.25, -0.2) is 0 Å². The van der Waals surface area contributed by atoms with Crippen molar-refractivity contribution < 1.29 is 19.0 Å². The van der Waals surface area contributed by atoms with Crippen LogP contribution >= 0.6 is 0 Å². The quantitative estimate of drug-likeness (QED) is 0.810. The zero-order chi connectivity index (χ0) is 15.1. The maximum absolute atomic E-state index is 9.84. The molecule has 1 aromatic carbocycles. The van der Waals surface area contributed by atoms with Gasteiger partial charge in [-0.15, -0.1) is 0 Å². The molecule has 0 amide bonds. The van der Waals surface area contributed by atoms with Crippen molar-refractivity contribution in [2.24, 2.45) is 0 Å². The van der Waals surface area contributed by atoms with Crippen LogP contribution in [-0.4, -0.2) is 24.4 Å². The number of furan rings is 1. The fraction of sp³-hybridized carbons (Fsp3) is 0.412. The topological polar surface area (TPSA) is 51.8 Å². The second-order valence-electron chi connectivity index (χ2n) is 5.29. The van der Waals surface area contributed by atoms with Crippen LogP contribution in [0.4, 0.5) is 0 Å². The summed E-state index contributed by atoms with van der Waals surface area (Å²) in [5.41, 5.74) is 1.22. The SMILES string of the molecule is CC(C)c1cccc(OCC(O)COCc2ccco2)c1. The van der Waals surface area contributed by atoms with Crippen LogP contribution in [0.1, 0.15) is 31.1 Å². The highest BCUT2D eigenvalue weighted by Crippen LogP contribution is 2.20. The van der Waals surface area contributed by atoms with E-state index in [9.17, 15) is 5.11 Å². The van der Waals surface area contributed by atoms with E-state index < -0.39 is 6.10 Å². The third kappa shape index (κ3) is 5.25. The van der Waals surface area contributed by atoms with Gasteiger partial charge in [0.25, 0.3) is 0 Å². The van der Waals surface area contributed by atoms with Crippen LogP contribution in [0.15, 0.2) is 47.1 Å². The standard InChI is InChI=1S/C17H22O4/c1-13(2)14-5-3-6-16(9-14)21-11-15(18)10-19-12-17-7-4-8-20-17/h3-9,13,15,18H,10-12H2,1-2H3. The van der Waals surface area contributed by atoms with Crippen molar-refractivity contribution in [3.05, 3.63) is 54.0 Å². The predicted octanol–water partition coefficient (Wildman–Crippen LogP) is 3.36.